The third-order valence-electron chi connectivity index (χ3n) is 3.44. The molecule has 120 valence electrons. The first-order valence-electron chi connectivity index (χ1n) is 6.42. The molecule has 1 amide bonds. The monoisotopic (exact) mass is 352 g/mol. The molecule has 0 unspecified atom stereocenters. The van der Waals surface area contributed by atoms with Crippen LogP contribution in [-0.4, -0.2) is 28.4 Å². The first kappa shape index (κ1) is 15.4. The lowest BCUT2D eigenvalue weighted by Gasteiger charge is -2.06. The molecular formula is C13H12N4O4S2. The number of thiazole rings is 1. The number of benzene rings is 1. The fourth-order valence-electron chi connectivity index (χ4n) is 2.21. The number of amides is 1. The number of aromatic nitrogens is 3. The molecule has 1 N–H and O–H groups in total. The van der Waals surface area contributed by atoms with Crippen molar-refractivity contribution in [2.24, 2.45) is 14.1 Å². The van der Waals surface area contributed by atoms with Gasteiger partial charge in [-0.15, -0.1) is 11.3 Å². The molecule has 0 saturated carbocycles. The topological polar surface area (TPSA) is 103 Å². The molecule has 0 radical (unpaired) electrons. The number of hydrogen-bond acceptors (Lipinski definition) is 6. The third kappa shape index (κ3) is 2.55. The quantitative estimate of drug-likeness (QED) is 0.737. The normalized spacial score (nSPS) is 11.7. The van der Waals surface area contributed by atoms with Gasteiger partial charge in [-0.3, -0.25) is 18.9 Å². The number of aryl methyl sites for hydroxylation is 2. The summed E-state index contributed by atoms with van der Waals surface area (Å²) >= 11 is 1.04. The number of nitrogens with one attached hydrogen (secondary N) is 1. The molecule has 3 aromatic rings. The molecule has 2 heterocycles. The van der Waals surface area contributed by atoms with Crippen LogP contribution in [0.25, 0.3) is 11.0 Å². The van der Waals surface area contributed by atoms with Gasteiger partial charge < -0.3 is 0 Å². The number of hydrogen-bond donors (Lipinski definition) is 1. The summed E-state index contributed by atoms with van der Waals surface area (Å²) < 4.78 is 29.4. The molecule has 0 aliphatic rings. The maximum absolute atomic E-state index is 12.3. The summed E-state index contributed by atoms with van der Waals surface area (Å²) in [5.74, 6) is -0.741. The average molecular weight is 352 g/mol. The average Bonchev–Trinajstić information content (AvgIpc) is 3.12. The van der Waals surface area contributed by atoms with Gasteiger partial charge in [-0.1, -0.05) is 0 Å². The second-order valence-electron chi connectivity index (χ2n) is 4.85. The molecule has 0 fully saturated rings. The Labute approximate surface area is 135 Å². The van der Waals surface area contributed by atoms with E-state index in [9.17, 15) is 18.0 Å². The highest BCUT2D eigenvalue weighted by Crippen LogP contribution is 2.18. The Morgan fingerprint density at radius 2 is 1.91 bits per heavy atom. The summed E-state index contributed by atoms with van der Waals surface area (Å²) in [6.45, 7) is 0. The van der Waals surface area contributed by atoms with Crippen molar-refractivity contribution in [2.75, 3.05) is 0 Å². The largest absolute Gasteiger partial charge is 0.328 e. The predicted molar refractivity (Wildman–Crippen MR) is 84.9 cm³/mol. The van der Waals surface area contributed by atoms with Crippen LogP contribution in [0.2, 0.25) is 0 Å². The zero-order chi connectivity index (χ0) is 16.8. The lowest BCUT2D eigenvalue weighted by atomic mass is 10.3. The first-order valence-corrected chi connectivity index (χ1v) is 8.78. The minimum Gasteiger partial charge on any atom is -0.295 e. The number of fused-ring (bicyclic) bond motifs is 1. The van der Waals surface area contributed by atoms with E-state index in [4.69, 9.17) is 0 Å². The van der Waals surface area contributed by atoms with Gasteiger partial charge in [0.15, 0.2) is 0 Å². The molecule has 0 aliphatic carbocycles. The van der Waals surface area contributed by atoms with Gasteiger partial charge in [-0.25, -0.2) is 17.9 Å². The first-order chi connectivity index (χ1) is 10.8. The summed E-state index contributed by atoms with van der Waals surface area (Å²) in [5, 5.41) is 0. The van der Waals surface area contributed by atoms with Gasteiger partial charge in [-0.05, 0) is 18.2 Å². The van der Waals surface area contributed by atoms with Gasteiger partial charge in [0.25, 0.3) is 15.9 Å². The molecule has 10 heteroatoms. The van der Waals surface area contributed by atoms with E-state index in [1.165, 1.54) is 39.0 Å². The minimum atomic E-state index is -4.04. The molecule has 0 saturated heterocycles. The zero-order valence-corrected chi connectivity index (χ0v) is 13.8. The minimum absolute atomic E-state index is 0.0935. The summed E-state index contributed by atoms with van der Waals surface area (Å²) in [7, 11) is -0.889. The zero-order valence-electron chi connectivity index (χ0n) is 12.2. The Morgan fingerprint density at radius 1 is 1.22 bits per heavy atom. The second kappa shape index (κ2) is 5.32. The van der Waals surface area contributed by atoms with Crippen molar-refractivity contribution in [2.45, 2.75) is 4.90 Å². The fraction of sp³-hybridized carbons (Fsp3) is 0.154. The van der Waals surface area contributed by atoms with Crippen molar-refractivity contribution in [3.05, 3.63) is 45.3 Å². The van der Waals surface area contributed by atoms with Gasteiger partial charge in [-0.2, -0.15) is 0 Å². The summed E-state index contributed by atoms with van der Waals surface area (Å²) in [5.41, 5.74) is 2.24. The van der Waals surface area contributed by atoms with E-state index in [0.29, 0.717) is 11.0 Å². The van der Waals surface area contributed by atoms with E-state index in [-0.39, 0.29) is 15.5 Å². The van der Waals surface area contributed by atoms with E-state index < -0.39 is 15.9 Å². The molecule has 1 aromatic carbocycles. The number of nitrogens with zero attached hydrogens (tertiary/aromatic N) is 3. The van der Waals surface area contributed by atoms with Crippen molar-refractivity contribution in [3.63, 3.8) is 0 Å². The molecule has 2 aromatic heterocycles. The molecule has 8 nitrogen and oxygen atoms in total. The van der Waals surface area contributed by atoms with Gasteiger partial charge in [0.1, 0.15) is 4.88 Å². The van der Waals surface area contributed by atoms with Gasteiger partial charge in [0.2, 0.25) is 0 Å². The number of carbonyl (C=O) groups is 1. The number of rotatable bonds is 3. The molecule has 3 rings (SSSR count). The van der Waals surface area contributed by atoms with E-state index in [1.54, 1.807) is 14.1 Å². The van der Waals surface area contributed by atoms with Crippen LogP contribution in [0.15, 0.2) is 39.6 Å². The van der Waals surface area contributed by atoms with Crippen LogP contribution in [-0.2, 0) is 24.1 Å². The van der Waals surface area contributed by atoms with Crippen molar-refractivity contribution >= 4 is 38.3 Å². The molecule has 0 atom stereocenters. The van der Waals surface area contributed by atoms with Crippen LogP contribution < -0.4 is 10.4 Å². The summed E-state index contributed by atoms with van der Waals surface area (Å²) in [6.07, 6.45) is 1.29. The SMILES string of the molecule is Cn1c(=O)n(C)c2cc(S(=O)(=O)NC(=O)c3cncs3)ccc21. The summed E-state index contributed by atoms with van der Waals surface area (Å²) in [4.78, 5) is 27.6. The maximum atomic E-state index is 12.3. The molecule has 0 aliphatic heterocycles. The van der Waals surface area contributed by atoms with Crippen LogP contribution in [0.4, 0.5) is 0 Å². The Balaban J connectivity index is 2.03. The van der Waals surface area contributed by atoms with Gasteiger partial charge >= 0.3 is 5.69 Å². The Kier molecular flexibility index (Phi) is 3.57. The van der Waals surface area contributed by atoms with Crippen LogP contribution >= 0.6 is 11.3 Å². The molecule has 0 spiro atoms. The Hall–Kier alpha value is -2.46. The standard InChI is InChI=1S/C13H12N4O4S2/c1-16-9-4-3-8(5-10(9)17(2)13(16)19)23(20,21)15-12(18)11-6-14-7-22-11/h3-7H,1-2H3,(H,15,18). The van der Waals surface area contributed by atoms with E-state index in [0.717, 1.165) is 11.3 Å². The number of carbonyl (C=O) groups excluding carboxylic acids is 1. The highest BCUT2D eigenvalue weighted by molar-refractivity contribution is 7.90. The predicted octanol–water partition coefficient (Wildman–Crippen LogP) is 0.452. The Bertz CT molecular complexity index is 1060. The molecule has 23 heavy (non-hydrogen) atoms. The van der Waals surface area contributed by atoms with Crippen molar-refractivity contribution in [1.82, 2.24) is 18.8 Å². The third-order valence-corrected chi connectivity index (χ3v) is 5.54. The van der Waals surface area contributed by atoms with E-state index in [2.05, 4.69) is 4.98 Å². The van der Waals surface area contributed by atoms with Crippen LogP contribution in [0.1, 0.15) is 9.67 Å². The highest BCUT2D eigenvalue weighted by atomic mass is 32.2. The maximum Gasteiger partial charge on any atom is 0.328 e. The van der Waals surface area contributed by atoms with Gasteiger partial charge in [0, 0.05) is 14.1 Å². The Morgan fingerprint density at radius 3 is 2.57 bits per heavy atom. The molecule has 0 bridgehead atoms. The fourth-order valence-corrected chi connectivity index (χ4v) is 3.78. The smallest absolute Gasteiger partial charge is 0.295 e. The van der Waals surface area contributed by atoms with Gasteiger partial charge in [0.05, 0.1) is 27.6 Å². The van der Waals surface area contributed by atoms with Crippen LogP contribution in [0.5, 0.6) is 0 Å². The highest BCUT2D eigenvalue weighted by Gasteiger charge is 2.21. The van der Waals surface area contributed by atoms with Crippen molar-refractivity contribution < 1.29 is 13.2 Å². The van der Waals surface area contributed by atoms with Crippen molar-refractivity contribution in [1.29, 1.82) is 0 Å². The van der Waals surface area contributed by atoms with E-state index in [1.807, 2.05) is 4.72 Å². The number of sulfonamides is 1. The lowest BCUT2D eigenvalue weighted by molar-refractivity contribution is 0.0985. The van der Waals surface area contributed by atoms with E-state index >= 15 is 0 Å². The lowest BCUT2D eigenvalue weighted by Crippen LogP contribution is -2.30. The second-order valence-corrected chi connectivity index (χ2v) is 7.42. The van der Waals surface area contributed by atoms with Crippen molar-refractivity contribution in [3.8, 4) is 0 Å². The molecular weight excluding hydrogens is 340 g/mol. The van der Waals surface area contributed by atoms with Crippen LogP contribution in [0.3, 0.4) is 0 Å². The van der Waals surface area contributed by atoms with Crippen LogP contribution in [0, 0.1) is 0 Å². The summed E-state index contributed by atoms with van der Waals surface area (Å²) in [6, 6.07) is 4.24. The number of imidazole rings is 1.